The van der Waals surface area contributed by atoms with E-state index in [0.717, 1.165) is 32.7 Å². The summed E-state index contributed by atoms with van der Waals surface area (Å²) in [6.45, 7) is 5.66. The number of rotatable bonds is 8. The molecule has 0 fully saturated rings. The van der Waals surface area contributed by atoms with Crippen molar-refractivity contribution in [2.75, 3.05) is 19.8 Å². The summed E-state index contributed by atoms with van der Waals surface area (Å²) in [5.41, 5.74) is 2.54. The smallest absolute Gasteiger partial charge is 0.0591 e. The van der Waals surface area contributed by atoms with Crippen LogP contribution in [0.2, 0.25) is 0 Å². The van der Waals surface area contributed by atoms with Crippen LogP contribution in [0, 0.1) is 0 Å². The lowest BCUT2D eigenvalue weighted by Gasteiger charge is -2.07. The average molecular weight is 246 g/mol. The zero-order chi connectivity index (χ0) is 12.6. The van der Waals surface area contributed by atoms with E-state index in [1.807, 2.05) is 6.20 Å². The van der Waals surface area contributed by atoms with Gasteiger partial charge in [0.2, 0.25) is 0 Å². The highest BCUT2D eigenvalue weighted by Gasteiger charge is 2.00. The van der Waals surface area contributed by atoms with Crippen molar-refractivity contribution < 1.29 is 4.74 Å². The number of H-pyrrole nitrogens is 1. The predicted molar refractivity (Wildman–Crippen MR) is 75.7 cm³/mol. The third-order valence-corrected chi connectivity index (χ3v) is 3.07. The van der Waals surface area contributed by atoms with E-state index >= 15 is 0 Å². The molecule has 0 amide bonds. The van der Waals surface area contributed by atoms with Crippen molar-refractivity contribution in [3.8, 4) is 0 Å². The van der Waals surface area contributed by atoms with Crippen molar-refractivity contribution in [3.05, 3.63) is 36.0 Å². The van der Waals surface area contributed by atoms with E-state index in [2.05, 4.69) is 41.5 Å². The molecule has 0 saturated heterocycles. The molecule has 2 N–H and O–H groups in total. The fourth-order valence-corrected chi connectivity index (χ4v) is 2.02. The molecule has 98 valence electrons. The number of unbranched alkanes of at least 4 members (excludes halogenated alkanes) is 1. The van der Waals surface area contributed by atoms with Crippen LogP contribution in [0.1, 0.15) is 25.3 Å². The fraction of sp³-hybridized carbons (Fsp3) is 0.467. The van der Waals surface area contributed by atoms with Crippen molar-refractivity contribution in [2.24, 2.45) is 0 Å². The SMILES string of the molecule is CCCCOCCNCc1cccc2[nH]ccc12. The molecule has 2 aromatic rings. The Morgan fingerprint density at radius 1 is 1.22 bits per heavy atom. The van der Waals surface area contributed by atoms with Gasteiger partial charge in [-0.2, -0.15) is 0 Å². The number of benzene rings is 1. The molecule has 0 unspecified atom stereocenters. The van der Waals surface area contributed by atoms with Crippen LogP contribution in [0.25, 0.3) is 10.9 Å². The Labute approximate surface area is 109 Å². The Morgan fingerprint density at radius 2 is 2.17 bits per heavy atom. The summed E-state index contributed by atoms with van der Waals surface area (Å²) in [5, 5.41) is 4.72. The molecule has 0 spiro atoms. The predicted octanol–water partition coefficient (Wildman–Crippen LogP) is 3.07. The van der Waals surface area contributed by atoms with Gasteiger partial charge in [0.25, 0.3) is 0 Å². The first-order valence-corrected chi connectivity index (χ1v) is 6.75. The normalized spacial score (nSPS) is 11.2. The van der Waals surface area contributed by atoms with Gasteiger partial charge in [-0.25, -0.2) is 0 Å². The van der Waals surface area contributed by atoms with Gasteiger partial charge in [-0.05, 0) is 24.1 Å². The first-order valence-electron chi connectivity index (χ1n) is 6.75. The Morgan fingerprint density at radius 3 is 3.06 bits per heavy atom. The summed E-state index contributed by atoms with van der Waals surface area (Å²) >= 11 is 0. The third kappa shape index (κ3) is 3.59. The van der Waals surface area contributed by atoms with Crippen molar-refractivity contribution in [2.45, 2.75) is 26.3 Å². The van der Waals surface area contributed by atoms with Crippen LogP contribution >= 0.6 is 0 Å². The molecule has 0 aliphatic carbocycles. The molecule has 18 heavy (non-hydrogen) atoms. The van der Waals surface area contributed by atoms with Crippen molar-refractivity contribution in [1.29, 1.82) is 0 Å². The molecule has 0 aliphatic rings. The number of fused-ring (bicyclic) bond motifs is 1. The van der Waals surface area contributed by atoms with E-state index in [-0.39, 0.29) is 0 Å². The van der Waals surface area contributed by atoms with Crippen LogP contribution < -0.4 is 5.32 Å². The maximum absolute atomic E-state index is 5.52. The zero-order valence-electron chi connectivity index (χ0n) is 11.0. The summed E-state index contributed by atoms with van der Waals surface area (Å²) in [4.78, 5) is 3.23. The van der Waals surface area contributed by atoms with Gasteiger partial charge in [-0.1, -0.05) is 25.5 Å². The zero-order valence-corrected chi connectivity index (χ0v) is 11.0. The second-order valence-electron chi connectivity index (χ2n) is 4.50. The molecular formula is C15H22N2O. The second-order valence-corrected chi connectivity index (χ2v) is 4.50. The van der Waals surface area contributed by atoms with E-state index in [1.165, 1.54) is 22.9 Å². The first kappa shape index (κ1) is 13.1. The number of aromatic nitrogens is 1. The van der Waals surface area contributed by atoms with Gasteiger partial charge < -0.3 is 15.0 Å². The van der Waals surface area contributed by atoms with Gasteiger partial charge in [-0.15, -0.1) is 0 Å². The minimum absolute atomic E-state index is 0.795. The van der Waals surface area contributed by atoms with E-state index in [9.17, 15) is 0 Å². The van der Waals surface area contributed by atoms with Crippen LogP contribution in [0.3, 0.4) is 0 Å². The van der Waals surface area contributed by atoms with E-state index in [1.54, 1.807) is 0 Å². The van der Waals surface area contributed by atoms with E-state index in [4.69, 9.17) is 4.74 Å². The molecule has 2 rings (SSSR count). The monoisotopic (exact) mass is 246 g/mol. The van der Waals surface area contributed by atoms with Crippen LogP contribution in [0.15, 0.2) is 30.5 Å². The van der Waals surface area contributed by atoms with Gasteiger partial charge in [0.1, 0.15) is 0 Å². The Balaban J connectivity index is 1.72. The molecule has 0 aliphatic heterocycles. The molecule has 1 heterocycles. The average Bonchev–Trinajstić information content (AvgIpc) is 2.86. The molecule has 0 saturated carbocycles. The van der Waals surface area contributed by atoms with Crippen molar-refractivity contribution >= 4 is 10.9 Å². The maximum Gasteiger partial charge on any atom is 0.0591 e. The van der Waals surface area contributed by atoms with Gasteiger partial charge in [0.15, 0.2) is 0 Å². The topological polar surface area (TPSA) is 37.0 Å². The molecule has 1 aromatic heterocycles. The lowest BCUT2D eigenvalue weighted by molar-refractivity contribution is 0.133. The molecule has 3 heteroatoms. The van der Waals surface area contributed by atoms with Crippen LogP contribution in [-0.4, -0.2) is 24.7 Å². The number of ether oxygens (including phenoxy) is 1. The molecule has 3 nitrogen and oxygen atoms in total. The number of hydrogen-bond acceptors (Lipinski definition) is 2. The van der Waals surface area contributed by atoms with Crippen LogP contribution in [-0.2, 0) is 11.3 Å². The summed E-state index contributed by atoms with van der Waals surface area (Å²) in [6, 6.07) is 8.49. The molecule has 0 bridgehead atoms. The molecule has 0 radical (unpaired) electrons. The Bertz CT molecular complexity index is 464. The third-order valence-electron chi connectivity index (χ3n) is 3.07. The molecule has 1 aromatic carbocycles. The number of aromatic amines is 1. The Hall–Kier alpha value is -1.32. The van der Waals surface area contributed by atoms with E-state index in [0.29, 0.717) is 0 Å². The summed E-state index contributed by atoms with van der Waals surface area (Å²) in [7, 11) is 0. The summed E-state index contributed by atoms with van der Waals surface area (Å²) in [5.74, 6) is 0. The highest BCUT2D eigenvalue weighted by atomic mass is 16.5. The number of nitrogens with one attached hydrogen (secondary N) is 2. The van der Waals surface area contributed by atoms with Gasteiger partial charge in [-0.3, -0.25) is 0 Å². The van der Waals surface area contributed by atoms with E-state index < -0.39 is 0 Å². The quantitative estimate of drug-likeness (QED) is 0.702. The second kappa shape index (κ2) is 7.19. The standard InChI is InChI=1S/C15H22N2O/c1-2-3-10-18-11-9-16-12-13-5-4-6-15-14(13)7-8-17-15/h4-8,16-17H,2-3,9-12H2,1H3. The fourth-order valence-electron chi connectivity index (χ4n) is 2.02. The maximum atomic E-state index is 5.52. The lowest BCUT2D eigenvalue weighted by atomic mass is 10.1. The summed E-state index contributed by atoms with van der Waals surface area (Å²) < 4.78 is 5.52. The highest BCUT2D eigenvalue weighted by molar-refractivity contribution is 5.82. The first-order chi connectivity index (χ1) is 8.92. The highest BCUT2D eigenvalue weighted by Crippen LogP contribution is 2.16. The van der Waals surface area contributed by atoms with Gasteiger partial charge >= 0.3 is 0 Å². The summed E-state index contributed by atoms with van der Waals surface area (Å²) in [6.07, 6.45) is 4.34. The lowest BCUT2D eigenvalue weighted by Crippen LogP contribution is -2.19. The molecular weight excluding hydrogens is 224 g/mol. The minimum atomic E-state index is 0.795. The van der Waals surface area contributed by atoms with Crippen LogP contribution in [0.4, 0.5) is 0 Å². The molecule has 0 atom stereocenters. The largest absolute Gasteiger partial charge is 0.380 e. The van der Waals surface area contributed by atoms with Gasteiger partial charge in [0.05, 0.1) is 6.61 Å². The van der Waals surface area contributed by atoms with Crippen molar-refractivity contribution in [3.63, 3.8) is 0 Å². The van der Waals surface area contributed by atoms with Gasteiger partial charge in [0, 0.05) is 36.8 Å². The number of hydrogen-bond donors (Lipinski definition) is 2. The minimum Gasteiger partial charge on any atom is -0.380 e. The van der Waals surface area contributed by atoms with Crippen molar-refractivity contribution in [1.82, 2.24) is 10.3 Å². The van der Waals surface area contributed by atoms with Crippen LogP contribution in [0.5, 0.6) is 0 Å². The Kier molecular flexibility index (Phi) is 5.24.